The highest BCUT2D eigenvalue weighted by Gasteiger charge is 2.30. The number of hydrogen-bond acceptors (Lipinski definition) is 7. The van der Waals surface area contributed by atoms with Crippen LogP contribution in [0.2, 0.25) is 0 Å². The van der Waals surface area contributed by atoms with Gasteiger partial charge in [0.1, 0.15) is 0 Å². The third kappa shape index (κ3) is 4.50. The fraction of sp³-hybridized carbons (Fsp3) is 0.500. The molecule has 0 amide bonds. The van der Waals surface area contributed by atoms with Crippen LogP contribution in [0, 0.1) is 0 Å². The van der Waals surface area contributed by atoms with E-state index in [1.54, 1.807) is 19.4 Å². The molecule has 2 aromatic rings. The molecule has 3 heterocycles. The van der Waals surface area contributed by atoms with Crippen molar-refractivity contribution < 1.29 is 17.9 Å². The van der Waals surface area contributed by atoms with E-state index in [9.17, 15) is 13.2 Å². The zero-order chi connectivity index (χ0) is 18.6. The number of ether oxygens (including phenoxy) is 1. The van der Waals surface area contributed by atoms with Crippen LogP contribution in [0.5, 0.6) is 6.01 Å². The molecule has 1 fully saturated rings. The van der Waals surface area contributed by atoms with Crippen LogP contribution < -0.4 is 15.0 Å². The molecule has 7 nitrogen and oxygen atoms in total. The Labute approximate surface area is 148 Å². The predicted octanol–water partition coefficient (Wildman–Crippen LogP) is 2.98. The van der Waals surface area contributed by atoms with E-state index < -0.39 is 12.8 Å². The van der Waals surface area contributed by atoms with Crippen LogP contribution in [0.4, 0.5) is 25.1 Å². The van der Waals surface area contributed by atoms with Gasteiger partial charge in [0, 0.05) is 26.0 Å². The Hall–Kier alpha value is -2.65. The minimum atomic E-state index is -4.46. The average molecular weight is 368 g/mol. The van der Waals surface area contributed by atoms with Crippen LogP contribution in [-0.2, 0) is 0 Å². The van der Waals surface area contributed by atoms with Crippen LogP contribution in [0.25, 0.3) is 0 Å². The highest BCUT2D eigenvalue weighted by Crippen LogP contribution is 2.33. The van der Waals surface area contributed by atoms with E-state index in [1.165, 1.54) is 0 Å². The number of halogens is 3. The fourth-order valence-electron chi connectivity index (χ4n) is 2.89. The lowest BCUT2D eigenvalue weighted by molar-refractivity contribution is -0.154. The molecule has 3 rings (SSSR count). The molecule has 1 aliphatic rings. The van der Waals surface area contributed by atoms with Crippen molar-refractivity contribution in [3.05, 3.63) is 30.1 Å². The molecule has 26 heavy (non-hydrogen) atoms. The van der Waals surface area contributed by atoms with Gasteiger partial charge in [-0.2, -0.15) is 28.1 Å². The number of rotatable bonds is 5. The lowest BCUT2D eigenvalue weighted by atomic mass is 9.97. The van der Waals surface area contributed by atoms with Gasteiger partial charge in [0.2, 0.25) is 11.9 Å². The lowest BCUT2D eigenvalue weighted by Crippen LogP contribution is -2.35. The standard InChI is InChI=1S/C16H19F3N6O/c1-20-13-22-14(24-15(23-13)26-10-16(17,18)19)25-8-3-2-6-12(25)11-5-4-7-21-9-11/h4-5,7,9,12H,2-3,6,8,10H2,1H3,(H,20,22,23,24). The van der Waals surface area contributed by atoms with Gasteiger partial charge in [0.05, 0.1) is 6.04 Å². The van der Waals surface area contributed by atoms with Crippen molar-refractivity contribution in [3.63, 3.8) is 0 Å². The summed E-state index contributed by atoms with van der Waals surface area (Å²) in [6.45, 7) is -0.767. The Morgan fingerprint density at radius 3 is 2.81 bits per heavy atom. The zero-order valence-electron chi connectivity index (χ0n) is 14.2. The van der Waals surface area contributed by atoms with E-state index in [0.29, 0.717) is 6.54 Å². The normalized spacial score (nSPS) is 17.8. The maximum Gasteiger partial charge on any atom is 0.422 e. The number of anilines is 2. The quantitative estimate of drug-likeness (QED) is 0.869. The largest absolute Gasteiger partial charge is 0.454 e. The first-order valence-corrected chi connectivity index (χ1v) is 8.26. The molecule has 0 radical (unpaired) electrons. The molecule has 0 aromatic carbocycles. The summed E-state index contributed by atoms with van der Waals surface area (Å²) in [5, 5.41) is 2.74. The van der Waals surface area contributed by atoms with Crippen LogP contribution >= 0.6 is 0 Å². The van der Waals surface area contributed by atoms with E-state index >= 15 is 0 Å². The number of piperidine rings is 1. The molecular formula is C16H19F3N6O. The maximum atomic E-state index is 12.4. The van der Waals surface area contributed by atoms with Crippen molar-refractivity contribution in [1.29, 1.82) is 0 Å². The van der Waals surface area contributed by atoms with E-state index in [1.807, 2.05) is 17.0 Å². The third-order valence-electron chi connectivity index (χ3n) is 4.02. The van der Waals surface area contributed by atoms with Gasteiger partial charge in [-0.05, 0) is 30.9 Å². The Kier molecular flexibility index (Phi) is 5.38. The molecular weight excluding hydrogens is 349 g/mol. The summed E-state index contributed by atoms with van der Waals surface area (Å²) in [4.78, 5) is 18.4. The Morgan fingerprint density at radius 2 is 2.12 bits per heavy atom. The van der Waals surface area contributed by atoms with Crippen LogP contribution in [0.1, 0.15) is 30.9 Å². The van der Waals surface area contributed by atoms with Gasteiger partial charge in [-0.25, -0.2) is 0 Å². The molecule has 1 aliphatic heterocycles. The van der Waals surface area contributed by atoms with E-state index in [0.717, 1.165) is 24.8 Å². The molecule has 0 aliphatic carbocycles. The number of nitrogens with one attached hydrogen (secondary N) is 1. The summed E-state index contributed by atoms with van der Waals surface area (Å²) in [5.74, 6) is 0.442. The van der Waals surface area contributed by atoms with Gasteiger partial charge >= 0.3 is 12.2 Å². The van der Waals surface area contributed by atoms with Crippen LogP contribution in [-0.4, -0.2) is 46.3 Å². The molecule has 0 spiro atoms. The predicted molar refractivity (Wildman–Crippen MR) is 89.1 cm³/mol. The van der Waals surface area contributed by atoms with E-state index in [2.05, 4.69) is 25.3 Å². The number of hydrogen-bond donors (Lipinski definition) is 1. The first-order chi connectivity index (χ1) is 12.5. The van der Waals surface area contributed by atoms with Gasteiger partial charge in [0.15, 0.2) is 6.61 Å². The fourth-order valence-corrected chi connectivity index (χ4v) is 2.89. The maximum absolute atomic E-state index is 12.4. The smallest absolute Gasteiger partial charge is 0.422 e. The van der Waals surface area contributed by atoms with Crippen molar-refractivity contribution in [3.8, 4) is 6.01 Å². The second-order valence-corrected chi connectivity index (χ2v) is 5.89. The molecule has 2 aromatic heterocycles. The zero-order valence-corrected chi connectivity index (χ0v) is 14.2. The first-order valence-electron chi connectivity index (χ1n) is 8.26. The monoisotopic (exact) mass is 368 g/mol. The van der Waals surface area contributed by atoms with Gasteiger partial charge < -0.3 is 15.0 Å². The van der Waals surface area contributed by atoms with Crippen molar-refractivity contribution in [2.75, 3.05) is 30.4 Å². The Balaban J connectivity index is 1.90. The summed E-state index contributed by atoms with van der Waals surface area (Å²) < 4.78 is 42.0. The molecule has 1 N–H and O–H groups in total. The molecule has 1 saturated heterocycles. The van der Waals surface area contributed by atoms with E-state index in [-0.39, 0.29) is 23.9 Å². The lowest BCUT2D eigenvalue weighted by Gasteiger charge is -2.36. The van der Waals surface area contributed by atoms with Crippen LogP contribution in [0.15, 0.2) is 24.5 Å². The summed E-state index contributed by atoms with van der Waals surface area (Å²) in [7, 11) is 1.58. The molecule has 0 saturated carbocycles. The summed E-state index contributed by atoms with van der Waals surface area (Å²) in [6, 6.07) is 3.47. The SMILES string of the molecule is CNc1nc(OCC(F)(F)F)nc(N2CCCCC2c2cccnc2)n1. The topological polar surface area (TPSA) is 76.1 Å². The first kappa shape index (κ1) is 18.2. The van der Waals surface area contributed by atoms with Crippen LogP contribution in [0.3, 0.4) is 0 Å². The molecule has 1 atom stereocenters. The second kappa shape index (κ2) is 7.71. The molecule has 1 unspecified atom stereocenters. The van der Waals surface area contributed by atoms with Crippen molar-refractivity contribution in [2.24, 2.45) is 0 Å². The summed E-state index contributed by atoms with van der Waals surface area (Å²) >= 11 is 0. The highest BCUT2D eigenvalue weighted by molar-refractivity contribution is 5.41. The molecule has 10 heteroatoms. The Bertz CT molecular complexity index is 728. The van der Waals surface area contributed by atoms with Gasteiger partial charge in [0.25, 0.3) is 0 Å². The Morgan fingerprint density at radius 1 is 1.27 bits per heavy atom. The van der Waals surface area contributed by atoms with Gasteiger partial charge in [-0.3, -0.25) is 4.98 Å². The summed E-state index contributed by atoms with van der Waals surface area (Å²) in [6.07, 6.45) is 1.88. The van der Waals surface area contributed by atoms with Crippen molar-refractivity contribution in [1.82, 2.24) is 19.9 Å². The minimum absolute atomic E-state index is 0.0000206. The van der Waals surface area contributed by atoms with Gasteiger partial charge in [-0.15, -0.1) is 0 Å². The molecule has 0 bridgehead atoms. The third-order valence-corrected chi connectivity index (χ3v) is 4.02. The van der Waals surface area contributed by atoms with Crippen molar-refractivity contribution >= 4 is 11.9 Å². The average Bonchev–Trinajstić information content (AvgIpc) is 2.66. The minimum Gasteiger partial charge on any atom is -0.454 e. The number of alkyl halides is 3. The van der Waals surface area contributed by atoms with Gasteiger partial charge in [-0.1, -0.05) is 6.07 Å². The van der Waals surface area contributed by atoms with Crippen molar-refractivity contribution in [2.45, 2.75) is 31.5 Å². The summed E-state index contributed by atoms with van der Waals surface area (Å²) in [5.41, 5.74) is 1.01. The number of nitrogens with zero attached hydrogens (tertiary/aromatic N) is 5. The van der Waals surface area contributed by atoms with E-state index in [4.69, 9.17) is 4.74 Å². The highest BCUT2D eigenvalue weighted by atomic mass is 19.4. The number of aromatic nitrogens is 4. The second-order valence-electron chi connectivity index (χ2n) is 5.89. The number of pyridine rings is 1. The molecule has 140 valence electrons.